The highest BCUT2D eigenvalue weighted by Gasteiger charge is 2.30. The Morgan fingerprint density at radius 1 is 1.50 bits per heavy atom. The SMILES string of the molecule is NNC(=O)c1[c]ccc(C(F)(F)F)c1. The Morgan fingerprint density at radius 2 is 2.14 bits per heavy atom. The molecule has 1 amide bonds. The van der Waals surface area contributed by atoms with E-state index >= 15 is 0 Å². The molecule has 1 radical (unpaired) electrons. The molecule has 1 rings (SSSR count). The third-order valence-corrected chi connectivity index (χ3v) is 1.50. The van der Waals surface area contributed by atoms with Crippen LogP contribution in [0.3, 0.4) is 0 Å². The molecule has 1 aromatic rings. The molecule has 0 spiro atoms. The van der Waals surface area contributed by atoms with Crippen LogP contribution in [0.5, 0.6) is 0 Å². The fourth-order valence-electron chi connectivity index (χ4n) is 0.852. The average molecular weight is 203 g/mol. The van der Waals surface area contributed by atoms with Crippen molar-refractivity contribution in [3.63, 3.8) is 0 Å². The molecule has 75 valence electrons. The van der Waals surface area contributed by atoms with Gasteiger partial charge in [-0.15, -0.1) is 0 Å². The Morgan fingerprint density at radius 3 is 2.64 bits per heavy atom. The first kappa shape index (κ1) is 10.5. The maximum Gasteiger partial charge on any atom is 0.416 e. The molecule has 14 heavy (non-hydrogen) atoms. The first-order valence-corrected chi connectivity index (χ1v) is 3.55. The quantitative estimate of drug-likeness (QED) is 0.408. The molecular formula is C8H6F3N2O. The van der Waals surface area contributed by atoms with Crippen molar-refractivity contribution in [1.82, 2.24) is 5.43 Å². The number of alkyl halides is 3. The van der Waals surface area contributed by atoms with E-state index in [0.29, 0.717) is 6.07 Å². The van der Waals surface area contributed by atoms with E-state index in [4.69, 9.17) is 5.84 Å². The normalized spacial score (nSPS) is 11.1. The Labute approximate surface area is 77.7 Å². The molecule has 3 nitrogen and oxygen atoms in total. The molecule has 1 aromatic carbocycles. The molecule has 0 bridgehead atoms. The number of benzene rings is 1. The van der Waals surface area contributed by atoms with Crippen molar-refractivity contribution in [2.75, 3.05) is 0 Å². The van der Waals surface area contributed by atoms with Gasteiger partial charge in [-0.05, 0) is 18.2 Å². The molecule has 0 unspecified atom stereocenters. The number of hydrazine groups is 1. The Hall–Kier alpha value is -1.56. The molecule has 0 aromatic heterocycles. The first-order chi connectivity index (χ1) is 6.45. The highest BCUT2D eigenvalue weighted by molar-refractivity contribution is 5.93. The number of nitrogens with two attached hydrogens (primary N) is 1. The standard InChI is InChI=1S/C8H6F3N2O/c9-8(10,11)6-3-1-2-5(4-6)7(14)13-12/h1,3-4H,12H2,(H,13,14). The van der Waals surface area contributed by atoms with E-state index in [1.165, 1.54) is 0 Å². The fraction of sp³-hybridized carbons (Fsp3) is 0.125. The summed E-state index contributed by atoms with van der Waals surface area (Å²) in [4.78, 5) is 10.9. The van der Waals surface area contributed by atoms with Gasteiger partial charge in [0.2, 0.25) is 0 Å². The molecule has 0 saturated heterocycles. The number of nitrogens with one attached hydrogen (secondary N) is 1. The Kier molecular flexibility index (Phi) is 2.76. The highest BCUT2D eigenvalue weighted by Crippen LogP contribution is 2.29. The summed E-state index contributed by atoms with van der Waals surface area (Å²) in [7, 11) is 0. The summed E-state index contributed by atoms with van der Waals surface area (Å²) in [5, 5.41) is 0. The summed E-state index contributed by atoms with van der Waals surface area (Å²) in [6.45, 7) is 0. The lowest BCUT2D eigenvalue weighted by atomic mass is 10.1. The fourth-order valence-corrected chi connectivity index (χ4v) is 0.852. The molecule has 6 heteroatoms. The summed E-state index contributed by atoms with van der Waals surface area (Å²) >= 11 is 0. The summed E-state index contributed by atoms with van der Waals surface area (Å²) in [5.41, 5.74) is 0.567. The summed E-state index contributed by atoms with van der Waals surface area (Å²) < 4.78 is 36.5. The third kappa shape index (κ3) is 2.23. The van der Waals surface area contributed by atoms with Crippen molar-refractivity contribution >= 4 is 5.91 Å². The van der Waals surface area contributed by atoms with Gasteiger partial charge in [-0.25, -0.2) is 5.84 Å². The van der Waals surface area contributed by atoms with Gasteiger partial charge < -0.3 is 0 Å². The minimum atomic E-state index is -4.47. The van der Waals surface area contributed by atoms with Crippen molar-refractivity contribution in [2.24, 2.45) is 5.84 Å². The number of hydrogen-bond acceptors (Lipinski definition) is 2. The maximum absolute atomic E-state index is 12.2. The van der Waals surface area contributed by atoms with Crippen molar-refractivity contribution in [3.05, 3.63) is 35.4 Å². The van der Waals surface area contributed by atoms with Gasteiger partial charge >= 0.3 is 6.18 Å². The van der Waals surface area contributed by atoms with Gasteiger partial charge in [-0.3, -0.25) is 10.2 Å². The molecule has 0 heterocycles. The van der Waals surface area contributed by atoms with E-state index in [0.717, 1.165) is 12.1 Å². The second-order valence-electron chi connectivity index (χ2n) is 2.46. The van der Waals surface area contributed by atoms with Gasteiger partial charge in [0, 0.05) is 5.56 Å². The summed E-state index contributed by atoms with van der Waals surface area (Å²) in [6.07, 6.45) is -4.47. The van der Waals surface area contributed by atoms with Gasteiger partial charge in [-0.1, -0.05) is 6.07 Å². The zero-order chi connectivity index (χ0) is 10.8. The second kappa shape index (κ2) is 3.67. The third-order valence-electron chi connectivity index (χ3n) is 1.50. The van der Waals surface area contributed by atoms with Crippen molar-refractivity contribution < 1.29 is 18.0 Å². The predicted octanol–water partition coefficient (Wildman–Crippen LogP) is 1.11. The molecule has 0 saturated carbocycles. The van der Waals surface area contributed by atoms with Gasteiger partial charge in [0.25, 0.3) is 5.91 Å². The molecule has 0 aliphatic carbocycles. The number of nitrogen functional groups attached to an aromatic ring is 1. The minimum absolute atomic E-state index is 0.248. The minimum Gasteiger partial charge on any atom is -0.290 e. The molecular weight excluding hydrogens is 197 g/mol. The Bertz CT molecular complexity index is 349. The number of rotatable bonds is 1. The van der Waals surface area contributed by atoms with Crippen molar-refractivity contribution in [2.45, 2.75) is 6.18 Å². The van der Waals surface area contributed by atoms with E-state index in [1.807, 2.05) is 0 Å². The van der Waals surface area contributed by atoms with Crippen LogP contribution < -0.4 is 11.3 Å². The van der Waals surface area contributed by atoms with Crippen LogP contribution in [0.4, 0.5) is 13.2 Å². The van der Waals surface area contributed by atoms with Crippen LogP contribution in [0.25, 0.3) is 0 Å². The first-order valence-electron chi connectivity index (χ1n) is 3.55. The zero-order valence-electron chi connectivity index (χ0n) is 6.85. The van der Waals surface area contributed by atoms with Gasteiger partial charge in [-0.2, -0.15) is 13.2 Å². The van der Waals surface area contributed by atoms with Crippen molar-refractivity contribution in [1.29, 1.82) is 0 Å². The number of amides is 1. The Balaban J connectivity index is 3.08. The topological polar surface area (TPSA) is 55.1 Å². The summed E-state index contributed by atoms with van der Waals surface area (Å²) in [5.74, 6) is 3.95. The van der Waals surface area contributed by atoms with Crippen LogP contribution in [-0.2, 0) is 6.18 Å². The van der Waals surface area contributed by atoms with Crippen LogP contribution in [0, 0.1) is 6.07 Å². The van der Waals surface area contributed by atoms with Crippen LogP contribution in [0.15, 0.2) is 18.2 Å². The largest absolute Gasteiger partial charge is 0.416 e. The van der Waals surface area contributed by atoms with Gasteiger partial charge in [0.05, 0.1) is 5.56 Å². The van der Waals surface area contributed by atoms with Crippen LogP contribution >= 0.6 is 0 Å². The van der Waals surface area contributed by atoms with Gasteiger partial charge in [0.15, 0.2) is 0 Å². The lowest BCUT2D eigenvalue weighted by molar-refractivity contribution is -0.137. The van der Waals surface area contributed by atoms with Crippen LogP contribution in [0.2, 0.25) is 0 Å². The van der Waals surface area contributed by atoms with E-state index in [1.54, 1.807) is 5.43 Å². The van der Waals surface area contributed by atoms with E-state index in [2.05, 4.69) is 6.07 Å². The second-order valence-corrected chi connectivity index (χ2v) is 2.46. The lowest BCUT2D eigenvalue weighted by Crippen LogP contribution is -2.30. The van der Waals surface area contributed by atoms with Gasteiger partial charge in [0.1, 0.15) is 0 Å². The zero-order valence-corrected chi connectivity index (χ0v) is 6.85. The number of carbonyl (C=O) groups is 1. The van der Waals surface area contributed by atoms with Crippen LogP contribution in [0.1, 0.15) is 15.9 Å². The van der Waals surface area contributed by atoms with E-state index in [9.17, 15) is 18.0 Å². The lowest BCUT2D eigenvalue weighted by Gasteiger charge is -2.07. The molecule has 0 aliphatic rings. The molecule has 0 fully saturated rings. The number of halogens is 3. The average Bonchev–Trinajstić information content (AvgIpc) is 2.15. The van der Waals surface area contributed by atoms with Crippen molar-refractivity contribution in [3.8, 4) is 0 Å². The predicted molar refractivity (Wildman–Crippen MR) is 41.9 cm³/mol. The van der Waals surface area contributed by atoms with E-state index in [-0.39, 0.29) is 5.56 Å². The maximum atomic E-state index is 12.2. The smallest absolute Gasteiger partial charge is 0.290 e. The molecule has 0 atom stereocenters. The monoisotopic (exact) mass is 203 g/mol. The highest BCUT2D eigenvalue weighted by atomic mass is 19.4. The summed E-state index contributed by atoms with van der Waals surface area (Å²) in [6, 6.07) is 4.87. The molecule has 0 aliphatic heterocycles. The number of hydrogen-bond donors (Lipinski definition) is 2. The number of carbonyl (C=O) groups excluding carboxylic acids is 1. The van der Waals surface area contributed by atoms with Crippen LogP contribution in [-0.4, -0.2) is 5.91 Å². The molecule has 3 N–H and O–H groups in total. The van der Waals surface area contributed by atoms with E-state index < -0.39 is 17.6 Å².